The standard InChI is InChI=1S/C30H26Cl2N2O6/c1-37-26-15-13-21(17-27(26)38-2)34-30(36)33-20-12-14-25(23(16-20)29(35)39-3)40-28(18-8-10-19(31)11-9-18)22-6-4-5-7-24(22)32/h4-17,28H,1-3H3,(H2,33,34,36). The molecule has 0 saturated heterocycles. The van der Waals surface area contributed by atoms with Gasteiger partial charge >= 0.3 is 12.0 Å². The Kier molecular flexibility index (Phi) is 9.37. The first kappa shape index (κ1) is 28.6. The van der Waals surface area contributed by atoms with Crippen molar-refractivity contribution in [2.75, 3.05) is 32.0 Å². The molecule has 2 N–H and O–H groups in total. The molecule has 10 heteroatoms. The van der Waals surface area contributed by atoms with Crippen LogP contribution in [-0.4, -0.2) is 33.3 Å². The van der Waals surface area contributed by atoms with Crippen LogP contribution in [0.4, 0.5) is 16.2 Å². The van der Waals surface area contributed by atoms with Crippen molar-refractivity contribution in [2.24, 2.45) is 0 Å². The van der Waals surface area contributed by atoms with Gasteiger partial charge in [0.25, 0.3) is 0 Å². The minimum absolute atomic E-state index is 0.109. The van der Waals surface area contributed by atoms with Crippen LogP contribution in [0.5, 0.6) is 17.2 Å². The lowest BCUT2D eigenvalue weighted by atomic mass is 10.0. The van der Waals surface area contributed by atoms with Crippen molar-refractivity contribution in [1.82, 2.24) is 0 Å². The number of hydrogen-bond donors (Lipinski definition) is 2. The number of benzene rings is 4. The van der Waals surface area contributed by atoms with E-state index in [0.29, 0.717) is 38.5 Å². The van der Waals surface area contributed by atoms with Crippen molar-refractivity contribution in [3.63, 3.8) is 0 Å². The normalized spacial score (nSPS) is 11.2. The third-order valence-electron chi connectivity index (χ3n) is 5.89. The van der Waals surface area contributed by atoms with Crippen LogP contribution in [0.1, 0.15) is 27.6 Å². The summed E-state index contributed by atoms with van der Waals surface area (Å²) in [7, 11) is 4.29. The molecular weight excluding hydrogens is 555 g/mol. The molecule has 4 rings (SSSR count). The van der Waals surface area contributed by atoms with Crippen LogP contribution in [0.3, 0.4) is 0 Å². The van der Waals surface area contributed by atoms with Crippen molar-refractivity contribution in [3.05, 3.63) is 112 Å². The topological polar surface area (TPSA) is 95.1 Å². The van der Waals surface area contributed by atoms with E-state index in [9.17, 15) is 9.59 Å². The third kappa shape index (κ3) is 6.77. The predicted molar refractivity (Wildman–Crippen MR) is 155 cm³/mol. The summed E-state index contributed by atoms with van der Waals surface area (Å²) in [4.78, 5) is 25.5. The molecule has 0 fully saturated rings. The molecule has 0 spiro atoms. The molecule has 0 radical (unpaired) electrons. The summed E-state index contributed by atoms with van der Waals surface area (Å²) >= 11 is 12.6. The van der Waals surface area contributed by atoms with Gasteiger partial charge in [-0.1, -0.05) is 53.5 Å². The number of carbonyl (C=O) groups is 2. The molecule has 0 aromatic heterocycles. The summed E-state index contributed by atoms with van der Waals surface area (Å²) in [6, 6.07) is 23.5. The van der Waals surface area contributed by atoms with Gasteiger partial charge < -0.3 is 29.6 Å². The Bertz CT molecular complexity index is 1510. The summed E-state index contributed by atoms with van der Waals surface area (Å²) in [5, 5.41) is 6.50. The first-order chi connectivity index (χ1) is 19.3. The number of halogens is 2. The van der Waals surface area contributed by atoms with Gasteiger partial charge in [0.05, 0.1) is 21.3 Å². The average molecular weight is 581 g/mol. The molecule has 206 valence electrons. The first-order valence-corrected chi connectivity index (χ1v) is 12.8. The second kappa shape index (κ2) is 13.1. The summed E-state index contributed by atoms with van der Waals surface area (Å²) in [6.07, 6.45) is -0.665. The van der Waals surface area contributed by atoms with Crippen molar-refractivity contribution in [1.29, 1.82) is 0 Å². The smallest absolute Gasteiger partial charge is 0.341 e. The monoisotopic (exact) mass is 580 g/mol. The molecule has 0 saturated carbocycles. The summed E-state index contributed by atoms with van der Waals surface area (Å²) in [5.41, 5.74) is 2.39. The molecule has 0 bridgehead atoms. The number of urea groups is 1. The fourth-order valence-corrected chi connectivity index (χ4v) is 4.31. The van der Waals surface area contributed by atoms with Crippen LogP contribution in [-0.2, 0) is 4.74 Å². The van der Waals surface area contributed by atoms with E-state index in [1.807, 2.05) is 30.3 Å². The van der Waals surface area contributed by atoms with E-state index >= 15 is 0 Å². The Hall–Kier alpha value is -4.40. The van der Waals surface area contributed by atoms with E-state index in [-0.39, 0.29) is 11.3 Å². The lowest BCUT2D eigenvalue weighted by molar-refractivity contribution is 0.0594. The molecule has 1 atom stereocenters. The van der Waals surface area contributed by atoms with Crippen molar-refractivity contribution < 1.29 is 28.5 Å². The van der Waals surface area contributed by atoms with Gasteiger partial charge in [0, 0.05) is 33.0 Å². The molecule has 1 unspecified atom stereocenters. The largest absolute Gasteiger partial charge is 0.493 e. The Balaban J connectivity index is 1.61. The Morgan fingerprint density at radius 3 is 1.98 bits per heavy atom. The van der Waals surface area contributed by atoms with Gasteiger partial charge in [-0.2, -0.15) is 0 Å². The summed E-state index contributed by atoms with van der Waals surface area (Å²) in [6.45, 7) is 0. The first-order valence-electron chi connectivity index (χ1n) is 12.0. The number of rotatable bonds is 9. The van der Waals surface area contributed by atoms with Crippen molar-refractivity contribution >= 4 is 46.6 Å². The highest BCUT2D eigenvalue weighted by molar-refractivity contribution is 6.31. The zero-order valence-electron chi connectivity index (χ0n) is 21.9. The molecule has 2 amide bonds. The predicted octanol–water partition coefficient (Wildman–Crippen LogP) is 7.61. The minimum atomic E-state index is -0.665. The lowest BCUT2D eigenvalue weighted by Crippen LogP contribution is -2.20. The van der Waals surface area contributed by atoms with Gasteiger partial charge in [-0.05, 0) is 54.1 Å². The molecule has 40 heavy (non-hydrogen) atoms. The summed E-state index contributed by atoms with van der Waals surface area (Å²) < 4.78 is 21.9. The average Bonchev–Trinajstić information content (AvgIpc) is 2.97. The molecule has 0 aliphatic carbocycles. The number of carbonyl (C=O) groups excluding carboxylic acids is 2. The Morgan fingerprint density at radius 2 is 1.35 bits per heavy atom. The van der Waals surface area contributed by atoms with Crippen LogP contribution in [0.15, 0.2) is 84.9 Å². The number of hydrogen-bond acceptors (Lipinski definition) is 6. The van der Waals surface area contributed by atoms with E-state index in [4.69, 9.17) is 42.1 Å². The molecular formula is C30H26Cl2N2O6. The Morgan fingerprint density at radius 1 is 0.725 bits per heavy atom. The second-order valence-electron chi connectivity index (χ2n) is 8.42. The molecule has 8 nitrogen and oxygen atoms in total. The molecule has 0 aliphatic rings. The van der Waals surface area contributed by atoms with Gasteiger partial charge in [-0.3, -0.25) is 0 Å². The highest BCUT2D eigenvalue weighted by Crippen LogP contribution is 2.36. The summed E-state index contributed by atoms with van der Waals surface area (Å²) in [5.74, 6) is 0.578. The maximum atomic E-state index is 12.8. The van der Waals surface area contributed by atoms with E-state index in [1.54, 1.807) is 48.5 Å². The number of anilines is 2. The fraction of sp³-hybridized carbons (Fsp3) is 0.133. The van der Waals surface area contributed by atoms with E-state index in [2.05, 4.69) is 10.6 Å². The van der Waals surface area contributed by atoms with E-state index < -0.39 is 18.1 Å². The van der Waals surface area contributed by atoms with Crippen LogP contribution in [0.2, 0.25) is 10.0 Å². The zero-order chi connectivity index (χ0) is 28.6. The number of methoxy groups -OCH3 is 3. The van der Waals surface area contributed by atoms with Crippen LogP contribution >= 0.6 is 23.2 Å². The highest BCUT2D eigenvalue weighted by Gasteiger charge is 2.23. The van der Waals surface area contributed by atoms with E-state index in [1.165, 1.54) is 27.4 Å². The number of nitrogens with one attached hydrogen (secondary N) is 2. The van der Waals surface area contributed by atoms with Crippen LogP contribution in [0, 0.1) is 0 Å². The molecule has 4 aromatic rings. The number of ether oxygens (including phenoxy) is 4. The van der Waals surface area contributed by atoms with Crippen molar-refractivity contribution in [3.8, 4) is 17.2 Å². The zero-order valence-corrected chi connectivity index (χ0v) is 23.4. The number of esters is 1. The maximum Gasteiger partial charge on any atom is 0.341 e. The third-order valence-corrected chi connectivity index (χ3v) is 6.49. The van der Waals surface area contributed by atoms with Crippen molar-refractivity contribution in [2.45, 2.75) is 6.10 Å². The van der Waals surface area contributed by atoms with Crippen LogP contribution in [0.25, 0.3) is 0 Å². The van der Waals surface area contributed by atoms with Gasteiger partial charge in [-0.25, -0.2) is 9.59 Å². The second-order valence-corrected chi connectivity index (χ2v) is 9.27. The molecule has 0 heterocycles. The molecule has 4 aromatic carbocycles. The quantitative estimate of drug-likeness (QED) is 0.198. The van der Waals surface area contributed by atoms with Gasteiger partial charge in [0.15, 0.2) is 17.6 Å². The lowest BCUT2D eigenvalue weighted by Gasteiger charge is -2.23. The van der Waals surface area contributed by atoms with Gasteiger partial charge in [0.2, 0.25) is 0 Å². The highest BCUT2D eigenvalue weighted by atomic mass is 35.5. The molecule has 0 aliphatic heterocycles. The minimum Gasteiger partial charge on any atom is -0.493 e. The van der Waals surface area contributed by atoms with E-state index in [0.717, 1.165) is 5.56 Å². The van der Waals surface area contributed by atoms with Crippen LogP contribution < -0.4 is 24.8 Å². The maximum absolute atomic E-state index is 12.8. The Labute approximate surface area is 241 Å². The van der Waals surface area contributed by atoms with Gasteiger partial charge in [0.1, 0.15) is 11.3 Å². The fourth-order valence-electron chi connectivity index (χ4n) is 3.95. The SMILES string of the molecule is COC(=O)c1cc(NC(=O)Nc2ccc(OC)c(OC)c2)ccc1OC(c1ccc(Cl)cc1)c1ccccc1Cl. The van der Waals surface area contributed by atoms with Gasteiger partial charge in [-0.15, -0.1) is 0 Å². The number of amides is 2.